The van der Waals surface area contributed by atoms with Crippen LogP contribution in [0.4, 0.5) is 5.95 Å². The number of ether oxygens (including phenoxy) is 2. The van der Waals surface area contributed by atoms with E-state index < -0.39 is 64.1 Å². The number of anilines is 1. The van der Waals surface area contributed by atoms with Gasteiger partial charge in [0.05, 0.1) is 42.4 Å². The SMILES string of the molecule is CC[C@H](C)[C@@H]([C@@H](CC(=O)N1CCC[C@H]1[C@H](OC)[C@@H](C)C(=O)N[C@@H](Cc1ccccc1)C(=O)NS(=O)(=O)CCCN)OC)N(C)C(=O)[C@@H](Nc1nccc(C)n1)C(C)C. The largest absolute Gasteiger partial charge is 0.379 e. The van der Waals surface area contributed by atoms with Crippen LogP contribution in [0.5, 0.6) is 0 Å². The van der Waals surface area contributed by atoms with Gasteiger partial charge < -0.3 is 35.6 Å². The molecule has 1 aliphatic rings. The van der Waals surface area contributed by atoms with E-state index in [1.54, 1.807) is 67.4 Å². The molecule has 4 amide bonds. The number of rotatable bonds is 23. The maximum atomic E-state index is 14.3. The van der Waals surface area contributed by atoms with Gasteiger partial charge in [-0.05, 0) is 56.2 Å². The van der Waals surface area contributed by atoms with Crippen molar-refractivity contribution >= 4 is 39.6 Å². The van der Waals surface area contributed by atoms with Crippen LogP contribution in [0.15, 0.2) is 42.6 Å². The van der Waals surface area contributed by atoms with E-state index in [0.29, 0.717) is 25.3 Å². The molecule has 8 atom stereocenters. The van der Waals surface area contributed by atoms with Crippen LogP contribution >= 0.6 is 0 Å². The van der Waals surface area contributed by atoms with Gasteiger partial charge in [0.15, 0.2) is 0 Å². The van der Waals surface area contributed by atoms with Crippen molar-refractivity contribution in [2.45, 2.75) is 116 Å². The Hall–Kier alpha value is -4.19. The van der Waals surface area contributed by atoms with E-state index in [0.717, 1.165) is 17.7 Å². The van der Waals surface area contributed by atoms with Crippen molar-refractivity contribution in [1.82, 2.24) is 29.8 Å². The molecule has 0 spiro atoms. The topological polar surface area (TPSA) is 215 Å². The molecule has 5 N–H and O–H groups in total. The van der Waals surface area contributed by atoms with Crippen molar-refractivity contribution < 1.29 is 37.1 Å². The van der Waals surface area contributed by atoms with Crippen molar-refractivity contribution in [2.24, 2.45) is 23.5 Å². The molecule has 2 heterocycles. The molecule has 58 heavy (non-hydrogen) atoms. The molecule has 3 rings (SSSR count). The Labute approximate surface area is 344 Å². The molecule has 0 unspecified atom stereocenters. The summed E-state index contributed by atoms with van der Waals surface area (Å²) in [7, 11) is 0.776. The van der Waals surface area contributed by atoms with Crippen LogP contribution in [0.1, 0.15) is 78.0 Å². The van der Waals surface area contributed by atoms with E-state index in [1.165, 1.54) is 7.11 Å². The summed E-state index contributed by atoms with van der Waals surface area (Å²) in [5, 5.41) is 5.98. The molecule has 0 aliphatic carbocycles. The Balaban J connectivity index is 1.81. The Bertz CT molecular complexity index is 1750. The van der Waals surface area contributed by atoms with Crippen LogP contribution < -0.4 is 21.1 Å². The number of carbonyl (C=O) groups is 4. The van der Waals surface area contributed by atoms with E-state index in [1.807, 2.05) is 40.7 Å². The summed E-state index contributed by atoms with van der Waals surface area (Å²) < 4.78 is 39.3. The lowest BCUT2D eigenvalue weighted by Gasteiger charge is -2.40. The van der Waals surface area contributed by atoms with Gasteiger partial charge in [-0.1, -0.05) is 71.4 Å². The van der Waals surface area contributed by atoms with Crippen LogP contribution in [-0.4, -0.2) is 128 Å². The van der Waals surface area contributed by atoms with Crippen molar-refractivity contribution in [3.05, 3.63) is 53.9 Å². The number of nitrogens with two attached hydrogens (primary N) is 1. The van der Waals surface area contributed by atoms with Gasteiger partial charge in [-0.3, -0.25) is 23.9 Å². The predicted octanol–water partition coefficient (Wildman–Crippen LogP) is 2.66. The second-order valence-electron chi connectivity index (χ2n) is 15.7. The zero-order valence-corrected chi connectivity index (χ0v) is 36.5. The number of benzene rings is 1. The molecule has 17 heteroatoms. The Morgan fingerprint density at radius 1 is 1.03 bits per heavy atom. The summed E-state index contributed by atoms with van der Waals surface area (Å²) in [6.45, 7) is 12.1. The highest BCUT2D eigenvalue weighted by Gasteiger charge is 2.43. The minimum Gasteiger partial charge on any atom is -0.379 e. The number of methoxy groups -OCH3 is 2. The highest BCUT2D eigenvalue weighted by molar-refractivity contribution is 7.90. The molecule has 0 bridgehead atoms. The zero-order chi connectivity index (χ0) is 43.2. The van der Waals surface area contributed by atoms with Gasteiger partial charge >= 0.3 is 0 Å². The van der Waals surface area contributed by atoms with Gasteiger partial charge in [0.2, 0.25) is 33.7 Å². The minimum absolute atomic E-state index is 0.0185. The van der Waals surface area contributed by atoms with Crippen molar-refractivity contribution in [1.29, 1.82) is 0 Å². The monoisotopic (exact) mass is 830 g/mol. The number of amides is 4. The first-order valence-electron chi connectivity index (χ1n) is 20.2. The summed E-state index contributed by atoms with van der Waals surface area (Å²) in [6, 6.07) is 7.97. The maximum Gasteiger partial charge on any atom is 0.256 e. The normalized spacial score (nSPS) is 18.1. The van der Waals surface area contributed by atoms with Crippen LogP contribution in [0.3, 0.4) is 0 Å². The molecule has 1 aliphatic heterocycles. The number of sulfonamides is 1. The Morgan fingerprint density at radius 2 is 1.72 bits per heavy atom. The molecule has 324 valence electrons. The fourth-order valence-electron chi connectivity index (χ4n) is 7.61. The molecule has 0 radical (unpaired) electrons. The first-order valence-corrected chi connectivity index (χ1v) is 21.9. The van der Waals surface area contributed by atoms with Crippen LogP contribution in [-0.2, 0) is 45.1 Å². The van der Waals surface area contributed by atoms with Crippen LogP contribution in [0.2, 0.25) is 0 Å². The number of hydrogen-bond acceptors (Lipinski definition) is 12. The van der Waals surface area contributed by atoms with E-state index >= 15 is 0 Å². The number of nitrogens with one attached hydrogen (secondary N) is 3. The van der Waals surface area contributed by atoms with Crippen molar-refractivity contribution in [3.8, 4) is 0 Å². The van der Waals surface area contributed by atoms with Gasteiger partial charge in [0.25, 0.3) is 5.91 Å². The Morgan fingerprint density at radius 3 is 2.31 bits per heavy atom. The average Bonchev–Trinajstić information content (AvgIpc) is 3.68. The molecule has 2 aromatic rings. The first-order chi connectivity index (χ1) is 27.5. The lowest BCUT2D eigenvalue weighted by molar-refractivity contribution is -0.146. The number of carbonyl (C=O) groups excluding carboxylic acids is 4. The van der Waals surface area contributed by atoms with Crippen LogP contribution in [0, 0.1) is 24.7 Å². The highest BCUT2D eigenvalue weighted by Crippen LogP contribution is 2.30. The van der Waals surface area contributed by atoms with Gasteiger partial charge in [0, 0.05) is 46.1 Å². The fourth-order valence-corrected chi connectivity index (χ4v) is 8.71. The van der Waals surface area contributed by atoms with Crippen LogP contribution in [0.25, 0.3) is 0 Å². The summed E-state index contributed by atoms with van der Waals surface area (Å²) in [5.74, 6) is -2.72. The van der Waals surface area contributed by atoms with E-state index in [-0.39, 0.29) is 55.2 Å². The maximum absolute atomic E-state index is 14.3. The quantitative estimate of drug-likeness (QED) is 0.127. The number of likely N-dealkylation sites (tertiary alicyclic amines) is 1. The van der Waals surface area contributed by atoms with Gasteiger partial charge in [-0.15, -0.1) is 0 Å². The van der Waals surface area contributed by atoms with Gasteiger partial charge in [0.1, 0.15) is 12.1 Å². The minimum atomic E-state index is -3.99. The predicted molar refractivity (Wildman–Crippen MR) is 223 cm³/mol. The summed E-state index contributed by atoms with van der Waals surface area (Å²) in [4.78, 5) is 67.9. The summed E-state index contributed by atoms with van der Waals surface area (Å²) >= 11 is 0. The molecule has 1 fully saturated rings. The third-order valence-electron chi connectivity index (χ3n) is 11.1. The number of hydrogen-bond donors (Lipinski definition) is 4. The molecular formula is C41H66N8O8S. The van der Waals surface area contributed by atoms with E-state index in [9.17, 15) is 27.6 Å². The third-order valence-corrected chi connectivity index (χ3v) is 12.4. The molecule has 1 aromatic carbocycles. The zero-order valence-electron chi connectivity index (χ0n) is 35.6. The molecule has 1 aromatic heterocycles. The molecule has 1 saturated heterocycles. The van der Waals surface area contributed by atoms with Gasteiger partial charge in [-0.2, -0.15) is 0 Å². The van der Waals surface area contributed by atoms with E-state index in [4.69, 9.17) is 15.2 Å². The first kappa shape index (κ1) is 48.2. The molecule has 16 nitrogen and oxygen atoms in total. The third kappa shape index (κ3) is 13.4. The molecule has 0 saturated carbocycles. The van der Waals surface area contributed by atoms with Gasteiger partial charge in [-0.25, -0.2) is 18.4 Å². The highest BCUT2D eigenvalue weighted by atomic mass is 32.2. The summed E-state index contributed by atoms with van der Waals surface area (Å²) in [6.07, 6.45) is 2.41. The number of likely N-dealkylation sites (N-methyl/N-ethyl adjacent to an activating group) is 1. The summed E-state index contributed by atoms with van der Waals surface area (Å²) in [5.41, 5.74) is 6.97. The number of nitrogens with zero attached hydrogens (tertiary/aromatic N) is 4. The smallest absolute Gasteiger partial charge is 0.256 e. The number of aromatic nitrogens is 2. The van der Waals surface area contributed by atoms with Crippen molar-refractivity contribution in [3.63, 3.8) is 0 Å². The van der Waals surface area contributed by atoms with Crippen molar-refractivity contribution in [2.75, 3.05) is 45.4 Å². The average molecular weight is 831 g/mol. The van der Waals surface area contributed by atoms with E-state index in [2.05, 4.69) is 25.3 Å². The molecular weight excluding hydrogens is 765 g/mol. The fraction of sp³-hybridized carbons (Fsp3) is 0.659. The second kappa shape index (κ2) is 22.8. The lowest BCUT2D eigenvalue weighted by atomic mass is 9.89. The lowest BCUT2D eigenvalue weighted by Crippen LogP contribution is -2.56. The second-order valence-corrected chi connectivity index (χ2v) is 17.5. The standard InChI is InChI=1S/C41H66N8O8S/c1-10-27(4)36(48(7)40(53)35(26(2)3)46-41-43-21-19-28(5)44-41)33(56-8)25-34(50)49-22-14-18-32(49)37(57-9)29(6)38(51)45-31(24-30-16-12-11-13-17-30)39(52)47-58(54,55)23-15-20-42/h11-13,16-17,19,21,26-27,29,31-33,35-37H,10,14-15,18,20,22-25,42H2,1-9H3,(H,45,51)(H,47,52)(H,43,44,46)/t27-,29+,31-,32-,33+,35-,36-,37+/m0/s1. The number of aryl methyl sites for hydroxylation is 1. The Kier molecular flexibility index (Phi) is 19.0.